The van der Waals surface area contributed by atoms with Gasteiger partial charge in [0.05, 0.1) is 12.2 Å². The second-order valence-corrected chi connectivity index (χ2v) is 6.47. The number of halogens is 1. The molecule has 120 valence electrons. The molecule has 0 aliphatic heterocycles. The summed E-state index contributed by atoms with van der Waals surface area (Å²) >= 11 is 3.64. The summed E-state index contributed by atoms with van der Waals surface area (Å²) in [7, 11) is 0. The maximum Gasteiger partial charge on any atom is 0.0963 e. The molecule has 2 nitrogen and oxygen atoms in total. The Morgan fingerprint density at radius 3 is 2.57 bits per heavy atom. The molecule has 0 fully saturated rings. The van der Waals surface area contributed by atoms with Crippen molar-refractivity contribution < 1.29 is 4.74 Å². The van der Waals surface area contributed by atoms with E-state index in [2.05, 4.69) is 60.2 Å². The van der Waals surface area contributed by atoms with Gasteiger partial charge in [-0.25, -0.2) is 0 Å². The van der Waals surface area contributed by atoms with Gasteiger partial charge in [0.25, 0.3) is 0 Å². The summed E-state index contributed by atoms with van der Waals surface area (Å²) in [6.45, 7) is 8.40. The van der Waals surface area contributed by atoms with Crippen molar-refractivity contribution in [1.82, 2.24) is 5.32 Å². The molecular weight excluding hydrogens is 326 g/mol. The van der Waals surface area contributed by atoms with Gasteiger partial charge in [-0.1, -0.05) is 73.7 Å². The first-order valence-electron chi connectivity index (χ1n) is 8.29. The van der Waals surface area contributed by atoms with E-state index in [4.69, 9.17) is 4.74 Å². The van der Waals surface area contributed by atoms with E-state index in [1.165, 1.54) is 31.2 Å². The predicted molar refractivity (Wildman–Crippen MR) is 94.7 cm³/mol. The topological polar surface area (TPSA) is 21.3 Å². The highest BCUT2D eigenvalue weighted by Gasteiger charge is 2.17. The van der Waals surface area contributed by atoms with Crippen molar-refractivity contribution in [2.24, 2.45) is 0 Å². The van der Waals surface area contributed by atoms with Crippen LogP contribution in [0.1, 0.15) is 64.5 Å². The third-order valence-corrected chi connectivity index (χ3v) is 4.41. The third kappa shape index (κ3) is 7.44. The lowest BCUT2D eigenvalue weighted by Gasteiger charge is -2.24. The van der Waals surface area contributed by atoms with Crippen LogP contribution in [0.2, 0.25) is 0 Å². The normalized spacial score (nSPS) is 14.1. The SMILES string of the molecule is CCCCCCC(C)OC(CNCC)c1ccccc1Br. The van der Waals surface area contributed by atoms with E-state index in [1.807, 2.05) is 6.07 Å². The van der Waals surface area contributed by atoms with Crippen LogP contribution in [0.4, 0.5) is 0 Å². The average Bonchev–Trinajstić information content (AvgIpc) is 2.48. The molecule has 0 aromatic heterocycles. The number of likely N-dealkylation sites (N-methyl/N-ethyl adjacent to an activating group) is 1. The first kappa shape index (κ1) is 18.7. The van der Waals surface area contributed by atoms with Gasteiger partial charge in [-0.3, -0.25) is 0 Å². The maximum absolute atomic E-state index is 6.31. The summed E-state index contributed by atoms with van der Waals surface area (Å²) in [4.78, 5) is 0. The molecule has 1 rings (SSSR count). The van der Waals surface area contributed by atoms with Crippen LogP contribution < -0.4 is 5.32 Å². The highest BCUT2D eigenvalue weighted by Crippen LogP contribution is 2.27. The zero-order chi connectivity index (χ0) is 15.5. The Kier molecular flexibility index (Phi) is 9.98. The average molecular weight is 356 g/mol. The van der Waals surface area contributed by atoms with Crippen LogP contribution in [-0.4, -0.2) is 19.2 Å². The first-order chi connectivity index (χ1) is 10.2. The first-order valence-corrected chi connectivity index (χ1v) is 9.08. The monoisotopic (exact) mass is 355 g/mol. The van der Waals surface area contributed by atoms with Crippen LogP contribution in [0.5, 0.6) is 0 Å². The predicted octanol–water partition coefficient (Wildman–Crippen LogP) is 5.48. The molecule has 0 radical (unpaired) electrons. The van der Waals surface area contributed by atoms with Gasteiger partial charge < -0.3 is 10.1 Å². The van der Waals surface area contributed by atoms with Crippen molar-refractivity contribution in [2.75, 3.05) is 13.1 Å². The molecule has 0 aliphatic rings. The minimum atomic E-state index is 0.113. The Bertz CT molecular complexity index is 383. The van der Waals surface area contributed by atoms with Crippen LogP contribution in [0.3, 0.4) is 0 Å². The molecule has 0 saturated heterocycles. The molecule has 0 heterocycles. The zero-order valence-electron chi connectivity index (χ0n) is 13.7. The Hall–Kier alpha value is -0.380. The fraction of sp³-hybridized carbons (Fsp3) is 0.667. The van der Waals surface area contributed by atoms with Gasteiger partial charge in [0.1, 0.15) is 0 Å². The summed E-state index contributed by atoms with van der Waals surface area (Å²) in [6.07, 6.45) is 6.76. The molecule has 1 aromatic carbocycles. The molecule has 0 aliphatic carbocycles. The molecular formula is C18H30BrNO. The number of hydrogen-bond acceptors (Lipinski definition) is 2. The molecule has 0 amide bonds. The summed E-state index contributed by atoms with van der Waals surface area (Å²) in [6, 6.07) is 8.36. The molecule has 3 heteroatoms. The van der Waals surface area contributed by atoms with Crippen molar-refractivity contribution in [3.63, 3.8) is 0 Å². The second kappa shape index (κ2) is 11.2. The van der Waals surface area contributed by atoms with E-state index in [0.717, 1.165) is 24.0 Å². The summed E-state index contributed by atoms with van der Waals surface area (Å²) in [5.41, 5.74) is 1.24. The van der Waals surface area contributed by atoms with Gasteiger partial charge in [0.15, 0.2) is 0 Å². The van der Waals surface area contributed by atoms with Gasteiger partial charge in [0, 0.05) is 11.0 Å². The third-order valence-electron chi connectivity index (χ3n) is 3.69. The van der Waals surface area contributed by atoms with Crippen molar-refractivity contribution in [3.8, 4) is 0 Å². The molecule has 1 N–H and O–H groups in total. The van der Waals surface area contributed by atoms with Gasteiger partial charge in [-0.2, -0.15) is 0 Å². The molecule has 0 spiro atoms. The number of benzene rings is 1. The number of ether oxygens (including phenoxy) is 1. The van der Waals surface area contributed by atoms with Gasteiger partial charge in [0.2, 0.25) is 0 Å². The lowest BCUT2D eigenvalue weighted by Crippen LogP contribution is -2.26. The van der Waals surface area contributed by atoms with Crippen molar-refractivity contribution >= 4 is 15.9 Å². The van der Waals surface area contributed by atoms with Crippen molar-refractivity contribution in [3.05, 3.63) is 34.3 Å². The highest BCUT2D eigenvalue weighted by atomic mass is 79.9. The Labute approximate surface area is 138 Å². The van der Waals surface area contributed by atoms with Crippen LogP contribution >= 0.6 is 15.9 Å². The summed E-state index contributed by atoms with van der Waals surface area (Å²) in [5, 5.41) is 3.41. The van der Waals surface area contributed by atoms with Gasteiger partial charge in [-0.15, -0.1) is 0 Å². The lowest BCUT2D eigenvalue weighted by atomic mass is 10.1. The number of nitrogens with one attached hydrogen (secondary N) is 1. The minimum Gasteiger partial charge on any atom is -0.369 e. The quantitative estimate of drug-likeness (QED) is 0.531. The minimum absolute atomic E-state index is 0.113. The Morgan fingerprint density at radius 2 is 1.90 bits per heavy atom. The van der Waals surface area contributed by atoms with E-state index in [1.54, 1.807) is 0 Å². The molecule has 2 unspecified atom stereocenters. The number of rotatable bonds is 11. The fourth-order valence-electron chi connectivity index (χ4n) is 2.45. The smallest absolute Gasteiger partial charge is 0.0963 e. The maximum atomic E-state index is 6.31. The van der Waals surface area contributed by atoms with E-state index < -0.39 is 0 Å². The van der Waals surface area contributed by atoms with E-state index in [-0.39, 0.29) is 6.10 Å². The molecule has 1 aromatic rings. The van der Waals surface area contributed by atoms with E-state index in [9.17, 15) is 0 Å². The Balaban J connectivity index is 2.55. The summed E-state index contributed by atoms with van der Waals surface area (Å²) in [5.74, 6) is 0. The molecule has 0 saturated carbocycles. The van der Waals surface area contributed by atoms with Crippen LogP contribution in [-0.2, 0) is 4.74 Å². The van der Waals surface area contributed by atoms with Gasteiger partial charge >= 0.3 is 0 Å². The molecule has 0 bridgehead atoms. The van der Waals surface area contributed by atoms with E-state index >= 15 is 0 Å². The zero-order valence-corrected chi connectivity index (χ0v) is 15.3. The molecule has 2 atom stereocenters. The van der Waals surface area contributed by atoms with Gasteiger partial charge in [-0.05, 0) is 31.5 Å². The van der Waals surface area contributed by atoms with Crippen molar-refractivity contribution in [1.29, 1.82) is 0 Å². The Morgan fingerprint density at radius 1 is 1.14 bits per heavy atom. The standard InChI is InChI=1S/C18H30BrNO/c1-4-6-7-8-11-15(3)21-18(14-20-5-2)16-12-9-10-13-17(16)19/h9-10,12-13,15,18,20H,4-8,11,14H2,1-3H3. The largest absolute Gasteiger partial charge is 0.369 e. The molecule has 21 heavy (non-hydrogen) atoms. The van der Waals surface area contributed by atoms with Crippen LogP contribution in [0.15, 0.2) is 28.7 Å². The fourth-order valence-corrected chi connectivity index (χ4v) is 2.99. The highest BCUT2D eigenvalue weighted by molar-refractivity contribution is 9.10. The van der Waals surface area contributed by atoms with Crippen LogP contribution in [0, 0.1) is 0 Å². The lowest BCUT2D eigenvalue weighted by molar-refractivity contribution is -0.00820. The summed E-state index contributed by atoms with van der Waals surface area (Å²) < 4.78 is 7.44. The van der Waals surface area contributed by atoms with Crippen molar-refractivity contribution in [2.45, 2.75) is 65.1 Å². The van der Waals surface area contributed by atoms with Crippen LogP contribution in [0.25, 0.3) is 0 Å². The second-order valence-electron chi connectivity index (χ2n) is 5.61. The number of unbranched alkanes of at least 4 members (excludes halogenated alkanes) is 3. The van der Waals surface area contributed by atoms with E-state index in [0.29, 0.717) is 6.10 Å². The number of hydrogen-bond donors (Lipinski definition) is 1.